The molecule has 0 atom stereocenters. The minimum atomic E-state index is -3.65. The van der Waals surface area contributed by atoms with E-state index in [-0.39, 0.29) is 5.03 Å². The van der Waals surface area contributed by atoms with Gasteiger partial charge < -0.3 is 10.3 Å². The van der Waals surface area contributed by atoms with Crippen LogP contribution in [0.4, 0.5) is 11.4 Å². The normalized spacial score (nSPS) is 11.5. The second kappa shape index (κ2) is 5.54. The Bertz CT molecular complexity index is 677. The molecular weight excluding hydrogens is 276 g/mol. The van der Waals surface area contributed by atoms with Crippen molar-refractivity contribution < 1.29 is 8.42 Å². The third-order valence-electron chi connectivity index (χ3n) is 3.00. The first-order chi connectivity index (χ1) is 9.48. The summed E-state index contributed by atoms with van der Waals surface area (Å²) in [5.41, 5.74) is 6.80. The zero-order valence-corrected chi connectivity index (χ0v) is 12.3. The van der Waals surface area contributed by atoms with Crippen molar-refractivity contribution in [1.29, 1.82) is 0 Å². The summed E-state index contributed by atoms with van der Waals surface area (Å²) >= 11 is 0. The van der Waals surface area contributed by atoms with Gasteiger partial charge in [-0.15, -0.1) is 0 Å². The van der Waals surface area contributed by atoms with Gasteiger partial charge >= 0.3 is 0 Å². The lowest BCUT2D eigenvalue weighted by atomic mass is 10.3. The van der Waals surface area contributed by atoms with Crippen LogP contribution < -0.4 is 10.0 Å². The number of hydrogen-bond donors (Lipinski definition) is 1. The first-order valence-electron chi connectivity index (χ1n) is 6.39. The number of aromatic nitrogens is 2. The number of imidazole rings is 1. The van der Waals surface area contributed by atoms with Crippen molar-refractivity contribution in [2.75, 3.05) is 16.6 Å². The summed E-state index contributed by atoms with van der Waals surface area (Å²) in [6, 6.07) is 6.73. The van der Waals surface area contributed by atoms with E-state index in [2.05, 4.69) is 4.98 Å². The topological polar surface area (TPSA) is 81.2 Å². The number of aryl methyl sites for hydroxylation is 1. The Morgan fingerprint density at radius 2 is 1.90 bits per heavy atom. The number of nitrogens with zero attached hydrogens (tertiary/aromatic N) is 3. The van der Waals surface area contributed by atoms with Crippen molar-refractivity contribution in [1.82, 2.24) is 9.55 Å². The molecule has 0 saturated heterocycles. The van der Waals surface area contributed by atoms with E-state index < -0.39 is 10.0 Å². The molecule has 1 aromatic carbocycles. The molecule has 108 valence electrons. The van der Waals surface area contributed by atoms with E-state index in [0.29, 0.717) is 24.5 Å². The Balaban J connectivity index is 2.41. The van der Waals surface area contributed by atoms with Gasteiger partial charge in [0.15, 0.2) is 5.03 Å². The lowest BCUT2D eigenvalue weighted by Crippen LogP contribution is -2.31. The highest BCUT2D eigenvalue weighted by atomic mass is 32.2. The third-order valence-corrected chi connectivity index (χ3v) is 4.79. The molecular formula is C13H18N4O2S. The van der Waals surface area contributed by atoms with Crippen molar-refractivity contribution in [3.63, 3.8) is 0 Å². The number of nitrogens with two attached hydrogens (primary N) is 1. The molecule has 0 spiro atoms. The van der Waals surface area contributed by atoms with Crippen LogP contribution in [0.2, 0.25) is 0 Å². The fourth-order valence-electron chi connectivity index (χ4n) is 1.89. The molecule has 0 amide bonds. The molecule has 1 heterocycles. The first kappa shape index (κ1) is 14.4. The predicted molar refractivity (Wildman–Crippen MR) is 79.0 cm³/mol. The van der Waals surface area contributed by atoms with Gasteiger partial charge in [0.1, 0.15) is 0 Å². The molecule has 2 rings (SSSR count). The Hall–Kier alpha value is -2.02. The summed E-state index contributed by atoms with van der Waals surface area (Å²) in [4.78, 5) is 3.98. The van der Waals surface area contributed by atoms with Gasteiger partial charge in [0.2, 0.25) is 0 Å². The second-order valence-electron chi connectivity index (χ2n) is 4.30. The molecule has 0 bridgehead atoms. The first-order valence-corrected chi connectivity index (χ1v) is 7.83. The van der Waals surface area contributed by atoms with E-state index in [1.807, 2.05) is 6.92 Å². The minimum absolute atomic E-state index is 0.0537. The van der Waals surface area contributed by atoms with Crippen molar-refractivity contribution in [3.8, 4) is 0 Å². The highest BCUT2D eigenvalue weighted by Crippen LogP contribution is 2.23. The van der Waals surface area contributed by atoms with Crippen LogP contribution in [0.5, 0.6) is 0 Å². The van der Waals surface area contributed by atoms with Crippen molar-refractivity contribution >= 4 is 21.4 Å². The van der Waals surface area contributed by atoms with Crippen LogP contribution in [-0.2, 0) is 16.6 Å². The van der Waals surface area contributed by atoms with Crippen LogP contribution in [-0.4, -0.2) is 24.5 Å². The van der Waals surface area contributed by atoms with Crippen LogP contribution in [0.3, 0.4) is 0 Å². The number of sulfonamides is 1. The maximum atomic E-state index is 12.6. The van der Waals surface area contributed by atoms with E-state index in [4.69, 9.17) is 5.73 Å². The molecule has 2 N–H and O–H groups in total. The Kier molecular flexibility index (Phi) is 3.99. The number of benzene rings is 1. The average Bonchev–Trinajstić information content (AvgIpc) is 2.91. The molecule has 20 heavy (non-hydrogen) atoms. The van der Waals surface area contributed by atoms with E-state index in [9.17, 15) is 8.42 Å². The Morgan fingerprint density at radius 1 is 1.25 bits per heavy atom. The molecule has 0 saturated carbocycles. The number of hydrogen-bond acceptors (Lipinski definition) is 4. The zero-order chi connectivity index (χ0) is 14.8. The highest BCUT2D eigenvalue weighted by molar-refractivity contribution is 7.92. The molecule has 0 aliphatic rings. The SMILES string of the molecule is CCN(c1ccc(N)cc1)S(=O)(=O)c1cn(CC)cn1. The van der Waals surface area contributed by atoms with Crippen molar-refractivity contribution in [3.05, 3.63) is 36.8 Å². The van der Waals surface area contributed by atoms with Gasteiger partial charge in [-0.2, -0.15) is 8.42 Å². The van der Waals surface area contributed by atoms with Crippen LogP contribution in [0.1, 0.15) is 13.8 Å². The summed E-state index contributed by atoms with van der Waals surface area (Å²) in [5, 5.41) is 0.0537. The monoisotopic (exact) mass is 294 g/mol. The lowest BCUT2D eigenvalue weighted by molar-refractivity contribution is 0.588. The van der Waals surface area contributed by atoms with Crippen LogP contribution >= 0.6 is 0 Å². The van der Waals surface area contributed by atoms with E-state index >= 15 is 0 Å². The predicted octanol–water partition coefficient (Wildman–Crippen LogP) is 1.70. The van der Waals surface area contributed by atoms with Gasteiger partial charge in [0.25, 0.3) is 10.0 Å². The van der Waals surface area contributed by atoms with Gasteiger partial charge in [0.05, 0.1) is 12.0 Å². The Labute approximate surface area is 118 Å². The summed E-state index contributed by atoms with van der Waals surface area (Å²) in [7, 11) is -3.65. The highest BCUT2D eigenvalue weighted by Gasteiger charge is 2.25. The quantitative estimate of drug-likeness (QED) is 0.851. The van der Waals surface area contributed by atoms with E-state index in [0.717, 1.165) is 0 Å². The van der Waals surface area contributed by atoms with Gasteiger partial charge in [-0.3, -0.25) is 4.31 Å². The van der Waals surface area contributed by atoms with Crippen LogP contribution in [0, 0.1) is 0 Å². The molecule has 7 heteroatoms. The molecule has 0 aliphatic carbocycles. The summed E-state index contributed by atoms with van der Waals surface area (Å²) in [6.45, 7) is 4.71. The number of rotatable bonds is 5. The number of anilines is 2. The summed E-state index contributed by atoms with van der Waals surface area (Å²) in [6.07, 6.45) is 3.05. The lowest BCUT2D eigenvalue weighted by Gasteiger charge is -2.21. The van der Waals surface area contributed by atoms with Gasteiger partial charge in [-0.1, -0.05) is 0 Å². The molecule has 6 nitrogen and oxygen atoms in total. The molecule has 0 radical (unpaired) electrons. The van der Waals surface area contributed by atoms with Crippen LogP contribution in [0.15, 0.2) is 41.8 Å². The van der Waals surface area contributed by atoms with E-state index in [1.165, 1.54) is 16.8 Å². The molecule has 0 unspecified atom stereocenters. The Morgan fingerprint density at radius 3 is 2.40 bits per heavy atom. The van der Waals surface area contributed by atoms with Gasteiger partial charge in [-0.05, 0) is 38.1 Å². The third kappa shape index (κ3) is 2.62. The maximum absolute atomic E-state index is 12.6. The van der Waals surface area contributed by atoms with Crippen molar-refractivity contribution in [2.24, 2.45) is 0 Å². The number of nitrogen functional groups attached to an aromatic ring is 1. The molecule has 0 aliphatic heterocycles. The smallest absolute Gasteiger partial charge is 0.283 e. The summed E-state index contributed by atoms with van der Waals surface area (Å²) in [5.74, 6) is 0. The average molecular weight is 294 g/mol. The minimum Gasteiger partial charge on any atom is -0.399 e. The fraction of sp³-hybridized carbons (Fsp3) is 0.308. The molecule has 2 aromatic rings. The fourth-order valence-corrected chi connectivity index (χ4v) is 3.30. The largest absolute Gasteiger partial charge is 0.399 e. The van der Waals surface area contributed by atoms with Gasteiger partial charge in [0, 0.05) is 25.0 Å². The van der Waals surface area contributed by atoms with Gasteiger partial charge in [-0.25, -0.2) is 4.98 Å². The standard InChI is InChI=1S/C13H18N4O2S/c1-3-16-9-13(15-10-16)20(18,19)17(4-2)12-7-5-11(14)6-8-12/h5-10H,3-4,14H2,1-2H3. The zero-order valence-electron chi connectivity index (χ0n) is 11.5. The second-order valence-corrected chi connectivity index (χ2v) is 6.11. The maximum Gasteiger partial charge on any atom is 0.283 e. The van der Waals surface area contributed by atoms with Crippen molar-refractivity contribution in [2.45, 2.75) is 25.4 Å². The van der Waals surface area contributed by atoms with Crippen LogP contribution in [0.25, 0.3) is 0 Å². The molecule has 1 aromatic heterocycles. The molecule has 0 fully saturated rings. The summed E-state index contributed by atoms with van der Waals surface area (Å²) < 4.78 is 28.2. The van der Waals surface area contributed by atoms with E-state index in [1.54, 1.807) is 35.8 Å².